The van der Waals surface area contributed by atoms with E-state index in [0.29, 0.717) is 5.22 Å². The highest BCUT2D eigenvalue weighted by molar-refractivity contribution is 7.98. The van der Waals surface area contributed by atoms with Crippen LogP contribution in [0.5, 0.6) is 0 Å². The summed E-state index contributed by atoms with van der Waals surface area (Å²) in [6.45, 7) is 3.14. The number of aryl methyl sites for hydroxylation is 1. The Kier molecular flexibility index (Phi) is 5.46. The van der Waals surface area contributed by atoms with Gasteiger partial charge in [-0.3, -0.25) is 0 Å². The third kappa shape index (κ3) is 3.75. The highest BCUT2D eigenvalue weighted by Crippen LogP contribution is 2.26. The molecule has 20 heavy (non-hydrogen) atoms. The first-order valence-corrected chi connectivity index (χ1v) is 7.55. The van der Waals surface area contributed by atoms with Gasteiger partial charge in [0.15, 0.2) is 0 Å². The zero-order valence-electron chi connectivity index (χ0n) is 11.3. The molecule has 0 amide bonds. The van der Waals surface area contributed by atoms with Crippen LogP contribution in [-0.4, -0.2) is 16.7 Å². The predicted octanol–water partition coefficient (Wildman–Crippen LogP) is 3.52. The van der Waals surface area contributed by atoms with Crippen LogP contribution in [0.1, 0.15) is 35.9 Å². The summed E-state index contributed by atoms with van der Waals surface area (Å²) in [7, 11) is 0. The van der Waals surface area contributed by atoms with E-state index in [4.69, 9.17) is 4.42 Å². The maximum atomic E-state index is 5.70. The number of hydrogen-bond donors (Lipinski definition) is 1. The van der Waals surface area contributed by atoms with Gasteiger partial charge in [-0.1, -0.05) is 41.6 Å². The van der Waals surface area contributed by atoms with Crippen LogP contribution in [0.4, 0.5) is 0 Å². The van der Waals surface area contributed by atoms with Crippen LogP contribution in [0.3, 0.4) is 0 Å². The standard InChI is InChI=1S/C14H17N3OS.ClH/c1-10-4-2-5-11(8-10)9-19-14-17-16-13(18-14)12-6-3-7-15-12;/h2,4-5,8,12,15H,3,6-7,9H2,1H3;1H/t12-;/m0./s1. The molecule has 0 aliphatic carbocycles. The van der Waals surface area contributed by atoms with Gasteiger partial charge < -0.3 is 9.73 Å². The molecular formula is C14H18ClN3OS. The molecule has 2 heterocycles. The molecule has 6 heteroatoms. The lowest BCUT2D eigenvalue weighted by atomic mass is 10.2. The molecule has 1 aromatic carbocycles. The number of hydrogen-bond acceptors (Lipinski definition) is 5. The van der Waals surface area contributed by atoms with Gasteiger partial charge >= 0.3 is 0 Å². The van der Waals surface area contributed by atoms with Gasteiger partial charge in [0.1, 0.15) is 0 Å². The fourth-order valence-electron chi connectivity index (χ4n) is 2.26. The zero-order valence-corrected chi connectivity index (χ0v) is 13.0. The van der Waals surface area contributed by atoms with E-state index in [1.807, 2.05) is 0 Å². The summed E-state index contributed by atoms with van der Waals surface area (Å²) in [6.07, 6.45) is 2.27. The number of nitrogens with zero attached hydrogens (tertiary/aromatic N) is 2. The molecule has 0 saturated carbocycles. The van der Waals surface area contributed by atoms with Crippen molar-refractivity contribution >= 4 is 24.2 Å². The second kappa shape index (κ2) is 7.11. The largest absolute Gasteiger partial charge is 0.414 e. The third-order valence-corrected chi connectivity index (χ3v) is 4.11. The maximum Gasteiger partial charge on any atom is 0.276 e. The van der Waals surface area contributed by atoms with Gasteiger partial charge in [-0.25, -0.2) is 0 Å². The zero-order chi connectivity index (χ0) is 13.1. The van der Waals surface area contributed by atoms with Crippen molar-refractivity contribution in [1.82, 2.24) is 15.5 Å². The van der Waals surface area contributed by atoms with Crippen LogP contribution >= 0.6 is 24.2 Å². The van der Waals surface area contributed by atoms with Crippen molar-refractivity contribution in [2.75, 3.05) is 6.54 Å². The van der Waals surface area contributed by atoms with Gasteiger partial charge in [-0.05, 0) is 31.9 Å². The number of thioether (sulfide) groups is 1. The molecule has 1 saturated heterocycles. The molecule has 2 aromatic rings. The van der Waals surface area contributed by atoms with Gasteiger partial charge in [-0.2, -0.15) is 0 Å². The van der Waals surface area contributed by atoms with Gasteiger partial charge in [0.25, 0.3) is 5.22 Å². The monoisotopic (exact) mass is 311 g/mol. The van der Waals surface area contributed by atoms with E-state index in [0.717, 1.165) is 24.6 Å². The SMILES string of the molecule is Cc1cccc(CSc2nnc([C@@H]3CCCN3)o2)c1.Cl. The summed E-state index contributed by atoms with van der Waals surface area (Å²) in [5.74, 6) is 1.59. The lowest BCUT2D eigenvalue weighted by Crippen LogP contribution is -2.12. The molecular weight excluding hydrogens is 294 g/mol. The van der Waals surface area contributed by atoms with Crippen molar-refractivity contribution in [1.29, 1.82) is 0 Å². The van der Waals surface area contributed by atoms with E-state index in [1.165, 1.54) is 17.5 Å². The highest BCUT2D eigenvalue weighted by Gasteiger charge is 2.22. The summed E-state index contributed by atoms with van der Waals surface area (Å²) in [5.41, 5.74) is 2.56. The Balaban J connectivity index is 0.00000147. The molecule has 3 rings (SSSR count). The molecule has 1 aliphatic heterocycles. The second-order valence-corrected chi connectivity index (χ2v) is 5.76. The van der Waals surface area contributed by atoms with E-state index < -0.39 is 0 Å². The first kappa shape index (κ1) is 15.4. The van der Waals surface area contributed by atoms with Crippen LogP contribution in [0.25, 0.3) is 0 Å². The van der Waals surface area contributed by atoms with E-state index in [-0.39, 0.29) is 18.4 Å². The molecule has 0 unspecified atom stereocenters. The van der Waals surface area contributed by atoms with E-state index in [9.17, 15) is 0 Å². The summed E-state index contributed by atoms with van der Waals surface area (Å²) in [5, 5.41) is 12.3. The van der Waals surface area contributed by atoms with E-state index in [2.05, 4.69) is 46.7 Å². The van der Waals surface area contributed by atoms with Crippen LogP contribution in [0.2, 0.25) is 0 Å². The Morgan fingerprint density at radius 1 is 1.40 bits per heavy atom. The number of rotatable bonds is 4. The maximum absolute atomic E-state index is 5.70. The molecule has 1 fully saturated rings. The lowest BCUT2D eigenvalue weighted by Gasteiger charge is -2.02. The van der Waals surface area contributed by atoms with E-state index in [1.54, 1.807) is 11.8 Å². The minimum Gasteiger partial charge on any atom is -0.414 e. The van der Waals surface area contributed by atoms with Gasteiger partial charge in [0.2, 0.25) is 5.89 Å². The first-order chi connectivity index (χ1) is 9.31. The molecule has 0 spiro atoms. The summed E-state index contributed by atoms with van der Waals surface area (Å²) < 4.78 is 5.70. The Morgan fingerprint density at radius 2 is 2.30 bits per heavy atom. The Hall–Kier alpha value is -1.04. The van der Waals surface area contributed by atoms with Crippen LogP contribution in [0.15, 0.2) is 33.9 Å². The minimum absolute atomic E-state index is 0. The Morgan fingerprint density at radius 3 is 3.05 bits per heavy atom. The van der Waals surface area contributed by atoms with Crippen LogP contribution in [0, 0.1) is 6.92 Å². The quantitative estimate of drug-likeness (QED) is 0.876. The predicted molar refractivity (Wildman–Crippen MR) is 82.3 cm³/mol. The number of halogens is 1. The van der Waals surface area contributed by atoms with Gasteiger partial charge in [0.05, 0.1) is 6.04 Å². The van der Waals surface area contributed by atoms with Crippen molar-refractivity contribution in [2.45, 2.75) is 36.8 Å². The Labute approximate surface area is 129 Å². The summed E-state index contributed by atoms with van der Waals surface area (Å²) in [4.78, 5) is 0. The number of aromatic nitrogens is 2. The van der Waals surface area contributed by atoms with Crippen molar-refractivity contribution in [3.05, 3.63) is 41.3 Å². The molecule has 4 nitrogen and oxygen atoms in total. The molecule has 1 aliphatic rings. The average Bonchev–Trinajstić information content (AvgIpc) is 3.07. The highest BCUT2D eigenvalue weighted by atomic mass is 35.5. The van der Waals surface area contributed by atoms with Crippen molar-refractivity contribution in [2.24, 2.45) is 0 Å². The number of nitrogens with one attached hydrogen (secondary N) is 1. The first-order valence-electron chi connectivity index (χ1n) is 6.56. The van der Waals surface area contributed by atoms with Gasteiger partial charge in [-0.15, -0.1) is 22.6 Å². The molecule has 1 atom stereocenters. The van der Waals surface area contributed by atoms with Crippen LogP contribution < -0.4 is 5.32 Å². The second-order valence-electron chi connectivity index (χ2n) is 4.83. The molecule has 108 valence electrons. The molecule has 1 N–H and O–H groups in total. The van der Waals surface area contributed by atoms with Crippen molar-refractivity contribution in [3.8, 4) is 0 Å². The Bertz CT molecular complexity index is 555. The summed E-state index contributed by atoms with van der Waals surface area (Å²) in [6, 6.07) is 8.73. The average molecular weight is 312 g/mol. The fourth-order valence-corrected chi connectivity index (χ4v) is 2.97. The summed E-state index contributed by atoms with van der Waals surface area (Å²) >= 11 is 1.59. The molecule has 0 bridgehead atoms. The number of benzene rings is 1. The topological polar surface area (TPSA) is 51.0 Å². The normalized spacial score (nSPS) is 17.9. The van der Waals surface area contributed by atoms with Crippen molar-refractivity contribution in [3.63, 3.8) is 0 Å². The molecule has 0 radical (unpaired) electrons. The molecule has 1 aromatic heterocycles. The smallest absolute Gasteiger partial charge is 0.276 e. The fraction of sp³-hybridized carbons (Fsp3) is 0.429. The van der Waals surface area contributed by atoms with Gasteiger partial charge in [0, 0.05) is 5.75 Å². The van der Waals surface area contributed by atoms with Crippen LogP contribution in [-0.2, 0) is 5.75 Å². The third-order valence-electron chi connectivity index (χ3n) is 3.23. The van der Waals surface area contributed by atoms with E-state index >= 15 is 0 Å². The van der Waals surface area contributed by atoms with Crippen molar-refractivity contribution < 1.29 is 4.42 Å². The minimum atomic E-state index is 0. The lowest BCUT2D eigenvalue weighted by molar-refractivity contribution is 0.374.